The molecular weight excluding hydrogens is 273 g/mol. The number of aliphatic hydroxyl groups excluding tert-OH is 1. The number of primary amides is 1. The van der Waals surface area contributed by atoms with Gasteiger partial charge in [-0.1, -0.05) is 13.8 Å². The monoisotopic (exact) mass is 291 g/mol. The lowest BCUT2D eigenvalue weighted by Gasteiger charge is -2.18. The summed E-state index contributed by atoms with van der Waals surface area (Å²) >= 11 is 0. The average Bonchev–Trinajstić information content (AvgIpc) is 2.88. The highest BCUT2D eigenvalue weighted by atomic mass is 19.1. The molecule has 6 heteroatoms. The van der Waals surface area contributed by atoms with Crippen LogP contribution in [0.25, 0.3) is 5.69 Å². The molecule has 1 amide bonds. The molecule has 1 heterocycles. The van der Waals surface area contributed by atoms with Crippen molar-refractivity contribution < 1.29 is 14.3 Å². The van der Waals surface area contributed by atoms with E-state index in [2.05, 4.69) is 4.98 Å². The predicted molar refractivity (Wildman–Crippen MR) is 76.9 cm³/mol. The molecular formula is C15H18FN3O2. The summed E-state index contributed by atoms with van der Waals surface area (Å²) in [5.41, 5.74) is 6.51. The van der Waals surface area contributed by atoms with E-state index in [4.69, 9.17) is 5.73 Å². The number of aryl methyl sites for hydroxylation is 1. The van der Waals surface area contributed by atoms with Gasteiger partial charge in [0, 0.05) is 11.6 Å². The lowest BCUT2D eigenvalue weighted by atomic mass is 9.91. The van der Waals surface area contributed by atoms with Crippen LogP contribution in [0.5, 0.6) is 0 Å². The normalized spacial score (nSPS) is 11.7. The van der Waals surface area contributed by atoms with Gasteiger partial charge in [-0.25, -0.2) is 9.37 Å². The molecule has 21 heavy (non-hydrogen) atoms. The Balaban J connectivity index is 2.53. The number of benzene rings is 1. The quantitative estimate of drug-likeness (QED) is 0.899. The number of aliphatic hydroxyl groups is 1. The van der Waals surface area contributed by atoms with E-state index in [0.29, 0.717) is 16.9 Å². The third kappa shape index (κ3) is 2.80. The van der Waals surface area contributed by atoms with Gasteiger partial charge in [0.05, 0.1) is 29.9 Å². The summed E-state index contributed by atoms with van der Waals surface area (Å²) in [6, 6.07) is 2.68. The molecule has 0 aliphatic heterocycles. The first-order valence-corrected chi connectivity index (χ1v) is 6.52. The molecule has 2 aromatic rings. The van der Waals surface area contributed by atoms with Crippen LogP contribution in [0.15, 0.2) is 24.7 Å². The molecule has 0 atom stereocenters. The van der Waals surface area contributed by atoms with Crippen LogP contribution >= 0.6 is 0 Å². The Hall–Kier alpha value is -2.21. The lowest BCUT2D eigenvalue weighted by Crippen LogP contribution is -2.22. The van der Waals surface area contributed by atoms with Crippen LogP contribution in [-0.2, 0) is 5.41 Å². The van der Waals surface area contributed by atoms with E-state index in [1.165, 1.54) is 12.1 Å². The van der Waals surface area contributed by atoms with Crippen molar-refractivity contribution in [2.45, 2.75) is 26.2 Å². The van der Waals surface area contributed by atoms with Gasteiger partial charge in [0.25, 0.3) is 5.91 Å². The minimum Gasteiger partial charge on any atom is -0.395 e. The van der Waals surface area contributed by atoms with Crippen LogP contribution in [0.2, 0.25) is 0 Å². The Bertz CT molecular complexity index is 692. The third-order valence-corrected chi connectivity index (χ3v) is 3.50. The molecule has 5 nitrogen and oxygen atoms in total. The van der Waals surface area contributed by atoms with Gasteiger partial charge in [0.15, 0.2) is 0 Å². The highest BCUT2D eigenvalue weighted by Crippen LogP contribution is 2.24. The molecule has 0 aliphatic rings. The van der Waals surface area contributed by atoms with Gasteiger partial charge in [-0.2, -0.15) is 0 Å². The largest absolute Gasteiger partial charge is 0.395 e. The van der Waals surface area contributed by atoms with Crippen molar-refractivity contribution in [1.82, 2.24) is 9.55 Å². The number of carbonyl (C=O) groups excluding carboxylic acids is 1. The van der Waals surface area contributed by atoms with Crippen molar-refractivity contribution >= 4 is 5.91 Å². The fourth-order valence-electron chi connectivity index (χ4n) is 2.01. The van der Waals surface area contributed by atoms with Gasteiger partial charge >= 0.3 is 0 Å². The maximum absolute atomic E-state index is 13.7. The summed E-state index contributed by atoms with van der Waals surface area (Å²) in [6.45, 7) is 5.43. The molecule has 0 saturated heterocycles. The van der Waals surface area contributed by atoms with Crippen molar-refractivity contribution in [3.05, 3.63) is 47.3 Å². The van der Waals surface area contributed by atoms with Gasteiger partial charge in [0.2, 0.25) is 0 Å². The van der Waals surface area contributed by atoms with Gasteiger partial charge in [-0.05, 0) is 24.6 Å². The Kier molecular flexibility index (Phi) is 3.82. The van der Waals surface area contributed by atoms with Crippen molar-refractivity contribution in [3.8, 4) is 5.69 Å². The molecule has 0 bridgehead atoms. The summed E-state index contributed by atoms with van der Waals surface area (Å²) in [5.74, 6) is -1.45. The molecule has 0 unspecified atom stereocenters. The molecule has 1 aromatic heterocycles. The SMILES string of the molecule is Cc1cc(F)c(C(N)=O)cc1-n1cnc(C(C)(C)CO)c1. The van der Waals surface area contributed by atoms with Gasteiger partial charge in [-0.3, -0.25) is 4.79 Å². The minimum absolute atomic E-state index is 0.0427. The minimum atomic E-state index is -0.815. The number of halogens is 1. The molecule has 1 aromatic carbocycles. The zero-order valence-electron chi connectivity index (χ0n) is 12.2. The fourth-order valence-corrected chi connectivity index (χ4v) is 2.01. The van der Waals surface area contributed by atoms with Crippen LogP contribution in [0.3, 0.4) is 0 Å². The van der Waals surface area contributed by atoms with Gasteiger partial charge in [-0.15, -0.1) is 0 Å². The molecule has 0 saturated carbocycles. The molecule has 0 aliphatic carbocycles. The first-order chi connectivity index (χ1) is 9.76. The van der Waals surface area contributed by atoms with Gasteiger partial charge < -0.3 is 15.4 Å². The number of imidazole rings is 1. The van der Waals surface area contributed by atoms with Crippen molar-refractivity contribution in [3.63, 3.8) is 0 Å². The number of hydrogen-bond donors (Lipinski definition) is 2. The summed E-state index contributed by atoms with van der Waals surface area (Å²) in [6.07, 6.45) is 3.32. The summed E-state index contributed by atoms with van der Waals surface area (Å²) in [4.78, 5) is 15.5. The molecule has 2 rings (SSSR count). The standard InChI is InChI=1S/C15H18FN3O2/c1-9-4-11(16)10(14(17)21)5-12(9)19-6-13(18-8-19)15(2,3)7-20/h4-6,8,20H,7H2,1-3H3,(H2,17,21). The molecule has 0 fully saturated rings. The first kappa shape index (κ1) is 15.2. The Morgan fingerprint density at radius 2 is 2.14 bits per heavy atom. The van der Waals surface area contributed by atoms with E-state index < -0.39 is 17.1 Å². The number of amides is 1. The van der Waals surface area contributed by atoms with E-state index in [-0.39, 0.29) is 12.2 Å². The van der Waals surface area contributed by atoms with Crippen LogP contribution < -0.4 is 5.73 Å². The number of hydrogen-bond acceptors (Lipinski definition) is 3. The number of aromatic nitrogens is 2. The summed E-state index contributed by atoms with van der Waals surface area (Å²) < 4.78 is 15.4. The van der Waals surface area contributed by atoms with Crippen molar-refractivity contribution in [2.24, 2.45) is 5.73 Å². The second kappa shape index (κ2) is 5.29. The summed E-state index contributed by atoms with van der Waals surface area (Å²) in [7, 11) is 0. The maximum Gasteiger partial charge on any atom is 0.251 e. The van der Waals surface area contributed by atoms with Crippen LogP contribution in [0.4, 0.5) is 4.39 Å². The number of nitrogens with two attached hydrogens (primary N) is 1. The maximum atomic E-state index is 13.7. The zero-order valence-corrected chi connectivity index (χ0v) is 12.2. The van der Waals surface area contributed by atoms with Crippen LogP contribution in [0, 0.1) is 12.7 Å². The van der Waals surface area contributed by atoms with E-state index in [9.17, 15) is 14.3 Å². The average molecular weight is 291 g/mol. The smallest absolute Gasteiger partial charge is 0.251 e. The highest BCUT2D eigenvalue weighted by molar-refractivity contribution is 5.93. The van der Waals surface area contributed by atoms with Gasteiger partial charge in [0.1, 0.15) is 5.82 Å². The first-order valence-electron chi connectivity index (χ1n) is 6.52. The zero-order chi connectivity index (χ0) is 15.8. The van der Waals surface area contributed by atoms with E-state index >= 15 is 0 Å². The fraction of sp³-hybridized carbons (Fsp3) is 0.333. The van der Waals surface area contributed by atoms with Crippen molar-refractivity contribution in [2.75, 3.05) is 6.61 Å². The van der Waals surface area contributed by atoms with E-state index in [0.717, 1.165) is 0 Å². The van der Waals surface area contributed by atoms with Crippen molar-refractivity contribution in [1.29, 1.82) is 0 Å². The molecule has 0 spiro atoms. The molecule has 112 valence electrons. The Labute approximate surface area is 122 Å². The number of rotatable bonds is 4. The predicted octanol–water partition coefficient (Wildman–Crippen LogP) is 1.69. The second-order valence-electron chi connectivity index (χ2n) is 5.69. The highest BCUT2D eigenvalue weighted by Gasteiger charge is 2.23. The van der Waals surface area contributed by atoms with E-state index in [1.807, 2.05) is 13.8 Å². The number of nitrogens with zero attached hydrogens (tertiary/aromatic N) is 2. The second-order valence-corrected chi connectivity index (χ2v) is 5.69. The number of carbonyl (C=O) groups is 1. The van der Waals surface area contributed by atoms with Crippen LogP contribution in [-0.4, -0.2) is 27.2 Å². The molecule has 3 N–H and O–H groups in total. The molecule has 0 radical (unpaired) electrons. The lowest BCUT2D eigenvalue weighted by molar-refractivity contribution is 0.0996. The Morgan fingerprint density at radius 3 is 2.71 bits per heavy atom. The third-order valence-electron chi connectivity index (χ3n) is 3.50. The summed E-state index contributed by atoms with van der Waals surface area (Å²) in [5, 5.41) is 9.38. The van der Waals surface area contributed by atoms with E-state index in [1.54, 1.807) is 24.0 Å². The Morgan fingerprint density at radius 1 is 1.48 bits per heavy atom. The van der Waals surface area contributed by atoms with Crippen LogP contribution in [0.1, 0.15) is 35.5 Å². The topological polar surface area (TPSA) is 81.1 Å².